The lowest BCUT2D eigenvalue weighted by molar-refractivity contribution is 0.114. The molecule has 1 unspecified atom stereocenters. The summed E-state index contributed by atoms with van der Waals surface area (Å²) in [5.41, 5.74) is 7.02. The molecule has 0 bridgehead atoms. The second-order valence-corrected chi connectivity index (χ2v) is 5.84. The Balaban J connectivity index is 0.00000208. The van der Waals surface area contributed by atoms with Crippen LogP contribution in [0.2, 0.25) is 0 Å². The fraction of sp³-hybridized carbons (Fsp3) is 0.625. The van der Waals surface area contributed by atoms with Crippen LogP contribution >= 0.6 is 24.0 Å². The Hall–Kier alpha value is -1.13. The van der Waals surface area contributed by atoms with Gasteiger partial charge in [-0.2, -0.15) is 0 Å². The first-order valence-corrected chi connectivity index (χ1v) is 8.24. The van der Waals surface area contributed by atoms with Crippen LogP contribution in [0, 0.1) is 0 Å². The number of rotatable bonds is 5. The summed E-state index contributed by atoms with van der Waals surface area (Å²) in [6, 6.07) is 4.04. The molecule has 8 heteroatoms. The average Bonchev–Trinajstić information content (AvgIpc) is 3.13. The highest BCUT2D eigenvalue weighted by Gasteiger charge is 2.15. The van der Waals surface area contributed by atoms with E-state index in [2.05, 4.69) is 26.3 Å². The molecule has 0 radical (unpaired) electrons. The fourth-order valence-electron chi connectivity index (χ4n) is 2.78. The molecule has 24 heavy (non-hydrogen) atoms. The van der Waals surface area contributed by atoms with Crippen LogP contribution in [0.4, 0.5) is 5.82 Å². The Kier molecular flexibility index (Phi) is 8.00. The molecule has 3 rings (SSSR count). The molecule has 2 saturated heterocycles. The van der Waals surface area contributed by atoms with Gasteiger partial charge in [0.1, 0.15) is 5.82 Å². The van der Waals surface area contributed by atoms with Crippen LogP contribution in [-0.2, 0) is 16.0 Å². The Morgan fingerprint density at radius 3 is 2.96 bits per heavy atom. The van der Waals surface area contributed by atoms with Crippen LogP contribution < -0.4 is 16.0 Å². The molecule has 0 saturated carbocycles. The number of halogens is 1. The van der Waals surface area contributed by atoms with Gasteiger partial charge >= 0.3 is 0 Å². The van der Waals surface area contributed by atoms with E-state index in [1.807, 2.05) is 12.3 Å². The molecule has 3 N–H and O–H groups in total. The molecule has 2 fully saturated rings. The van der Waals surface area contributed by atoms with Gasteiger partial charge in [-0.25, -0.2) is 9.98 Å². The topological polar surface area (TPSA) is 85.0 Å². The predicted octanol–water partition coefficient (Wildman–Crippen LogP) is 1.12. The van der Waals surface area contributed by atoms with Gasteiger partial charge in [0, 0.05) is 32.4 Å². The maximum absolute atomic E-state index is 5.92. The number of anilines is 1. The Bertz CT molecular complexity index is 531. The van der Waals surface area contributed by atoms with Gasteiger partial charge in [0.05, 0.1) is 25.9 Å². The first kappa shape index (κ1) is 19.2. The van der Waals surface area contributed by atoms with E-state index in [0.717, 1.165) is 63.7 Å². The molecule has 1 aromatic heterocycles. The third-order valence-electron chi connectivity index (χ3n) is 4.11. The highest BCUT2D eigenvalue weighted by molar-refractivity contribution is 14.0. The summed E-state index contributed by atoms with van der Waals surface area (Å²) in [7, 11) is 0. The third kappa shape index (κ3) is 5.75. The normalized spacial score (nSPS) is 21.4. The van der Waals surface area contributed by atoms with Crippen molar-refractivity contribution in [3.8, 4) is 0 Å². The van der Waals surface area contributed by atoms with Crippen molar-refractivity contribution < 1.29 is 9.47 Å². The molecule has 0 aliphatic carbocycles. The van der Waals surface area contributed by atoms with Crippen molar-refractivity contribution in [2.24, 2.45) is 10.7 Å². The molecule has 1 aromatic rings. The van der Waals surface area contributed by atoms with Crippen molar-refractivity contribution in [2.75, 3.05) is 44.4 Å². The molecule has 0 aromatic carbocycles. The van der Waals surface area contributed by atoms with Crippen LogP contribution in [0.3, 0.4) is 0 Å². The van der Waals surface area contributed by atoms with Gasteiger partial charge in [0.2, 0.25) is 0 Å². The van der Waals surface area contributed by atoms with Gasteiger partial charge < -0.3 is 25.4 Å². The minimum Gasteiger partial charge on any atom is -0.378 e. The van der Waals surface area contributed by atoms with E-state index in [9.17, 15) is 0 Å². The van der Waals surface area contributed by atoms with Crippen LogP contribution in [0.5, 0.6) is 0 Å². The number of aliphatic imine (C=N–C) groups is 1. The zero-order valence-corrected chi connectivity index (χ0v) is 16.1. The summed E-state index contributed by atoms with van der Waals surface area (Å²) in [5.74, 6) is 1.44. The molecule has 1 atom stereocenters. The molecule has 3 heterocycles. The standard InChI is InChI=1S/C16H25N5O2.HI/c17-16(20-12-14-2-1-7-23-14)19-11-13-3-4-18-15(10-13)21-5-8-22-9-6-21;/h3-4,10,14H,1-2,5-9,11-12H2,(H3,17,19,20);1H. The van der Waals surface area contributed by atoms with Gasteiger partial charge in [-0.05, 0) is 30.5 Å². The van der Waals surface area contributed by atoms with E-state index < -0.39 is 0 Å². The first-order valence-electron chi connectivity index (χ1n) is 8.24. The largest absolute Gasteiger partial charge is 0.378 e. The molecule has 2 aliphatic heterocycles. The van der Waals surface area contributed by atoms with Gasteiger partial charge in [0.25, 0.3) is 0 Å². The summed E-state index contributed by atoms with van der Waals surface area (Å²) < 4.78 is 10.9. The van der Waals surface area contributed by atoms with Gasteiger partial charge in [-0.15, -0.1) is 24.0 Å². The first-order chi connectivity index (χ1) is 11.3. The SMILES string of the molecule is I.NC(=NCc1ccnc(N2CCOCC2)c1)NCC1CCCO1. The molecule has 0 amide bonds. The van der Waals surface area contributed by atoms with Crippen LogP contribution in [-0.4, -0.2) is 56.5 Å². The zero-order valence-electron chi connectivity index (χ0n) is 13.8. The maximum Gasteiger partial charge on any atom is 0.189 e. The highest BCUT2D eigenvalue weighted by Crippen LogP contribution is 2.15. The Morgan fingerprint density at radius 2 is 2.21 bits per heavy atom. The molecular formula is C16H26IN5O2. The van der Waals surface area contributed by atoms with Crippen molar-refractivity contribution in [2.45, 2.75) is 25.5 Å². The number of morpholine rings is 1. The van der Waals surface area contributed by atoms with Crippen LogP contribution in [0.1, 0.15) is 18.4 Å². The lowest BCUT2D eigenvalue weighted by atomic mass is 10.2. The number of nitrogens with two attached hydrogens (primary N) is 1. The third-order valence-corrected chi connectivity index (χ3v) is 4.11. The van der Waals surface area contributed by atoms with Crippen molar-refractivity contribution >= 4 is 35.8 Å². The Labute approximate surface area is 160 Å². The number of guanidine groups is 1. The smallest absolute Gasteiger partial charge is 0.189 e. The molecule has 0 spiro atoms. The fourth-order valence-corrected chi connectivity index (χ4v) is 2.78. The van der Waals surface area contributed by atoms with Crippen molar-refractivity contribution in [3.63, 3.8) is 0 Å². The minimum atomic E-state index is 0. The average molecular weight is 447 g/mol. The monoisotopic (exact) mass is 447 g/mol. The van der Waals surface area contributed by atoms with E-state index >= 15 is 0 Å². The Morgan fingerprint density at radius 1 is 1.38 bits per heavy atom. The predicted molar refractivity (Wildman–Crippen MR) is 105 cm³/mol. The van der Waals surface area contributed by atoms with E-state index in [4.69, 9.17) is 15.2 Å². The summed E-state index contributed by atoms with van der Waals surface area (Å²) in [6.07, 6.45) is 4.31. The summed E-state index contributed by atoms with van der Waals surface area (Å²) >= 11 is 0. The van der Waals surface area contributed by atoms with Crippen LogP contribution in [0.15, 0.2) is 23.3 Å². The summed E-state index contributed by atoms with van der Waals surface area (Å²) in [6.45, 7) is 5.39. The number of pyridine rings is 1. The summed E-state index contributed by atoms with van der Waals surface area (Å²) in [5, 5.41) is 3.13. The van der Waals surface area contributed by atoms with Crippen molar-refractivity contribution in [1.82, 2.24) is 10.3 Å². The lowest BCUT2D eigenvalue weighted by Crippen LogP contribution is -2.37. The number of ether oxygens (including phenoxy) is 2. The van der Waals surface area contributed by atoms with Gasteiger partial charge in [-0.3, -0.25) is 0 Å². The quantitative estimate of drug-likeness (QED) is 0.400. The minimum absolute atomic E-state index is 0. The van der Waals surface area contributed by atoms with Gasteiger partial charge in [-0.1, -0.05) is 0 Å². The van der Waals surface area contributed by atoms with E-state index in [1.165, 1.54) is 0 Å². The second-order valence-electron chi connectivity index (χ2n) is 5.84. The second kappa shape index (κ2) is 10.00. The van der Waals surface area contributed by atoms with E-state index in [0.29, 0.717) is 12.5 Å². The van der Waals surface area contributed by atoms with E-state index in [1.54, 1.807) is 0 Å². The lowest BCUT2D eigenvalue weighted by Gasteiger charge is -2.27. The van der Waals surface area contributed by atoms with Gasteiger partial charge in [0.15, 0.2) is 5.96 Å². The zero-order chi connectivity index (χ0) is 15.9. The number of hydrogen-bond acceptors (Lipinski definition) is 5. The number of nitrogens with zero attached hydrogens (tertiary/aromatic N) is 3. The molecule has 2 aliphatic rings. The maximum atomic E-state index is 5.92. The van der Waals surface area contributed by atoms with Crippen LogP contribution in [0.25, 0.3) is 0 Å². The highest BCUT2D eigenvalue weighted by atomic mass is 127. The van der Waals surface area contributed by atoms with Crippen molar-refractivity contribution in [1.29, 1.82) is 0 Å². The van der Waals surface area contributed by atoms with E-state index in [-0.39, 0.29) is 30.1 Å². The molecular weight excluding hydrogens is 421 g/mol. The summed E-state index contributed by atoms with van der Waals surface area (Å²) in [4.78, 5) is 11.1. The number of nitrogens with one attached hydrogen (secondary N) is 1. The number of aromatic nitrogens is 1. The molecule has 7 nitrogen and oxygen atoms in total. The molecule has 134 valence electrons. The number of hydrogen-bond donors (Lipinski definition) is 2. The van der Waals surface area contributed by atoms with Crippen molar-refractivity contribution in [3.05, 3.63) is 23.9 Å².